The lowest BCUT2D eigenvalue weighted by Gasteiger charge is -2.04. The van der Waals surface area contributed by atoms with E-state index < -0.39 is 11.8 Å². The van der Waals surface area contributed by atoms with Gasteiger partial charge < -0.3 is 4.74 Å². The summed E-state index contributed by atoms with van der Waals surface area (Å²) in [5.41, 5.74) is 0.664. The summed E-state index contributed by atoms with van der Waals surface area (Å²) in [6.45, 7) is 6.85. The Kier molecular flexibility index (Phi) is 5.31. The van der Waals surface area contributed by atoms with Crippen LogP contribution in [-0.2, 0) is 14.3 Å². The molecule has 0 aliphatic rings. The fourth-order valence-corrected chi connectivity index (χ4v) is 0.903. The second kappa shape index (κ2) is 5.98. The molecule has 0 heterocycles. The number of carbonyl (C=O) groups excluding carboxylic acids is 2. The summed E-state index contributed by atoms with van der Waals surface area (Å²) in [5, 5.41) is 0. The average Bonchev–Trinajstić information content (AvgIpc) is 2.04. The maximum Gasteiger partial charge on any atom is 0.342 e. The molecule has 3 nitrogen and oxygen atoms in total. The van der Waals surface area contributed by atoms with Gasteiger partial charge in [0.15, 0.2) is 0 Å². The molecular weight excluding hydrogens is 180 g/mol. The van der Waals surface area contributed by atoms with Crippen molar-refractivity contribution >= 4 is 11.8 Å². The third kappa shape index (κ3) is 3.44. The van der Waals surface area contributed by atoms with E-state index in [0.29, 0.717) is 5.57 Å². The van der Waals surface area contributed by atoms with E-state index >= 15 is 0 Å². The van der Waals surface area contributed by atoms with Crippen molar-refractivity contribution in [3.63, 3.8) is 0 Å². The van der Waals surface area contributed by atoms with Crippen LogP contribution in [0.2, 0.25) is 0 Å². The Morgan fingerprint density at radius 2 is 1.86 bits per heavy atom. The van der Waals surface area contributed by atoms with Gasteiger partial charge >= 0.3 is 5.97 Å². The van der Waals surface area contributed by atoms with Gasteiger partial charge in [0.25, 0.3) is 0 Å². The fraction of sp³-hybridized carbons (Fsp3) is 0.455. The summed E-state index contributed by atoms with van der Waals surface area (Å²) in [6.07, 6.45) is 0. The summed E-state index contributed by atoms with van der Waals surface area (Å²) in [5.74, 6) is 3.70. The largest absolute Gasteiger partial charge is 0.462 e. The van der Waals surface area contributed by atoms with Gasteiger partial charge in [0, 0.05) is 0 Å². The minimum absolute atomic E-state index is 0.0428. The van der Waals surface area contributed by atoms with E-state index in [0.717, 1.165) is 0 Å². The summed E-state index contributed by atoms with van der Waals surface area (Å²) in [4.78, 5) is 22.7. The number of ether oxygens (including phenoxy) is 1. The van der Waals surface area contributed by atoms with Crippen LogP contribution >= 0.6 is 0 Å². The maximum absolute atomic E-state index is 11.4. The SMILES string of the molecule is CC#CC(=O)C(C(=O)OCC)=C(C)C. The molecule has 0 bridgehead atoms. The molecule has 0 unspecified atom stereocenters. The van der Waals surface area contributed by atoms with Gasteiger partial charge in [-0.2, -0.15) is 0 Å². The molecule has 0 aliphatic carbocycles. The van der Waals surface area contributed by atoms with Crippen molar-refractivity contribution in [2.75, 3.05) is 6.61 Å². The molecule has 76 valence electrons. The lowest BCUT2D eigenvalue weighted by Crippen LogP contribution is -2.16. The number of hydrogen-bond acceptors (Lipinski definition) is 3. The van der Waals surface area contributed by atoms with Gasteiger partial charge in [-0.1, -0.05) is 11.5 Å². The number of carbonyl (C=O) groups is 2. The summed E-state index contributed by atoms with van der Waals surface area (Å²) < 4.78 is 4.75. The Morgan fingerprint density at radius 1 is 1.29 bits per heavy atom. The zero-order valence-corrected chi connectivity index (χ0v) is 8.93. The third-order valence-corrected chi connectivity index (χ3v) is 1.45. The summed E-state index contributed by atoms with van der Waals surface area (Å²) in [7, 11) is 0. The van der Waals surface area contributed by atoms with Crippen molar-refractivity contribution in [1.29, 1.82) is 0 Å². The Hall–Kier alpha value is -1.56. The molecule has 0 aromatic heterocycles. The Bertz CT molecular complexity index is 322. The van der Waals surface area contributed by atoms with Crippen LogP contribution in [0.5, 0.6) is 0 Å². The quantitative estimate of drug-likeness (QED) is 0.171. The number of rotatable bonds is 3. The van der Waals surface area contributed by atoms with E-state index in [2.05, 4.69) is 11.8 Å². The van der Waals surface area contributed by atoms with Gasteiger partial charge in [-0.05, 0) is 33.6 Å². The van der Waals surface area contributed by atoms with Gasteiger partial charge in [0.1, 0.15) is 5.57 Å². The van der Waals surface area contributed by atoms with Crippen molar-refractivity contribution in [3.8, 4) is 11.8 Å². The van der Waals surface area contributed by atoms with Gasteiger partial charge in [-0.15, -0.1) is 0 Å². The first-order valence-electron chi connectivity index (χ1n) is 4.36. The molecule has 0 aromatic rings. The van der Waals surface area contributed by atoms with E-state index in [-0.39, 0.29) is 12.2 Å². The number of allylic oxidation sites excluding steroid dienone is 1. The topological polar surface area (TPSA) is 43.4 Å². The van der Waals surface area contributed by atoms with Crippen LogP contribution in [0.4, 0.5) is 0 Å². The highest BCUT2D eigenvalue weighted by molar-refractivity contribution is 6.24. The smallest absolute Gasteiger partial charge is 0.342 e. The maximum atomic E-state index is 11.4. The number of esters is 1. The van der Waals surface area contributed by atoms with Crippen molar-refractivity contribution in [2.45, 2.75) is 27.7 Å². The number of Topliss-reactive ketones (excluding diaryl/α,β-unsaturated/α-hetero) is 1. The lowest BCUT2D eigenvalue weighted by atomic mass is 10.1. The summed E-state index contributed by atoms with van der Waals surface area (Å²) >= 11 is 0. The first kappa shape index (κ1) is 12.4. The highest BCUT2D eigenvalue weighted by atomic mass is 16.5. The standard InChI is InChI=1S/C11H14O3/c1-5-7-9(12)10(8(3)4)11(13)14-6-2/h6H2,1-4H3. The van der Waals surface area contributed by atoms with Gasteiger partial charge in [0.05, 0.1) is 6.61 Å². The molecule has 0 aliphatic heterocycles. The second-order valence-electron chi connectivity index (χ2n) is 2.80. The molecule has 0 aromatic carbocycles. The molecule has 14 heavy (non-hydrogen) atoms. The molecule has 0 spiro atoms. The number of ketones is 1. The van der Waals surface area contributed by atoms with Crippen LogP contribution in [0, 0.1) is 11.8 Å². The third-order valence-electron chi connectivity index (χ3n) is 1.45. The van der Waals surface area contributed by atoms with Crippen LogP contribution in [0.15, 0.2) is 11.1 Å². The van der Waals surface area contributed by atoms with Gasteiger partial charge in [-0.3, -0.25) is 4.79 Å². The van der Waals surface area contributed by atoms with E-state index in [1.165, 1.54) is 0 Å². The fourth-order valence-electron chi connectivity index (χ4n) is 0.903. The monoisotopic (exact) mass is 194 g/mol. The normalized spacial score (nSPS) is 8.29. The molecule has 0 saturated heterocycles. The molecule has 0 rings (SSSR count). The van der Waals surface area contributed by atoms with Crippen LogP contribution in [-0.4, -0.2) is 18.4 Å². The van der Waals surface area contributed by atoms with Crippen LogP contribution in [0.3, 0.4) is 0 Å². The average molecular weight is 194 g/mol. The lowest BCUT2D eigenvalue weighted by molar-refractivity contribution is -0.139. The van der Waals surface area contributed by atoms with E-state index in [9.17, 15) is 9.59 Å². The Morgan fingerprint density at radius 3 is 2.21 bits per heavy atom. The zero-order valence-electron chi connectivity index (χ0n) is 8.93. The molecule has 0 radical (unpaired) electrons. The molecule has 0 fully saturated rings. The molecule has 0 saturated carbocycles. The Labute approximate surface area is 84.1 Å². The summed E-state index contributed by atoms with van der Waals surface area (Å²) in [6, 6.07) is 0. The predicted molar refractivity (Wildman–Crippen MR) is 53.5 cm³/mol. The minimum Gasteiger partial charge on any atom is -0.462 e. The highest BCUT2D eigenvalue weighted by Gasteiger charge is 2.18. The van der Waals surface area contributed by atoms with Crippen molar-refractivity contribution in [1.82, 2.24) is 0 Å². The molecular formula is C11H14O3. The first-order valence-corrected chi connectivity index (χ1v) is 4.36. The van der Waals surface area contributed by atoms with Crippen molar-refractivity contribution in [2.24, 2.45) is 0 Å². The zero-order chi connectivity index (χ0) is 11.1. The van der Waals surface area contributed by atoms with E-state index in [1.807, 2.05) is 0 Å². The molecule has 0 N–H and O–H groups in total. The van der Waals surface area contributed by atoms with Crippen LogP contribution < -0.4 is 0 Å². The van der Waals surface area contributed by atoms with Crippen molar-refractivity contribution in [3.05, 3.63) is 11.1 Å². The van der Waals surface area contributed by atoms with Crippen molar-refractivity contribution < 1.29 is 14.3 Å². The number of hydrogen-bond donors (Lipinski definition) is 0. The van der Waals surface area contributed by atoms with Crippen LogP contribution in [0.25, 0.3) is 0 Å². The second-order valence-corrected chi connectivity index (χ2v) is 2.80. The molecule has 3 heteroatoms. The molecule has 0 amide bonds. The van der Waals surface area contributed by atoms with E-state index in [1.54, 1.807) is 27.7 Å². The van der Waals surface area contributed by atoms with Gasteiger partial charge in [0.2, 0.25) is 5.78 Å². The molecule has 0 atom stereocenters. The Balaban J connectivity index is 4.96. The minimum atomic E-state index is -0.597. The predicted octanol–water partition coefficient (Wildman–Crippen LogP) is 1.48. The first-order chi connectivity index (χ1) is 6.54. The highest BCUT2D eigenvalue weighted by Crippen LogP contribution is 2.06. The van der Waals surface area contributed by atoms with Gasteiger partial charge in [-0.25, -0.2) is 4.79 Å². The van der Waals surface area contributed by atoms with Crippen LogP contribution in [0.1, 0.15) is 27.7 Å². The van der Waals surface area contributed by atoms with E-state index in [4.69, 9.17) is 4.74 Å².